The smallest absolute Gasteiger partial charge is 0.435 e. The van der Waals surface area contributed by atoms with Gasteiger partial charge in [0.15, 0.2) is 0 Å². The molecule has 15 heteroatoms. The monoisotopic (exact) mass is 487 g/mol. The molecular weight excluding hydrogens is 477 g/mol. The largest absolute Gasteiger partial charge is 0.478 e. The first-order valence-electron chi connectivity index (χ1n) is 8.57. The molecule has 0 saturated carbocycles. The van der Waals surface area contributed by atoms with Crippen molar-refractivity contribution in [1.82, 2.24) is 4.98 Å². The van der Waals surface area contributed by atoms with Crippen LogP contribution in [0.5, 0.6) is 0 Å². The Bertz CT molecular complexity index is 1110. The fourth-order valence-corrected chi connectivity index (χ4v) is 3.05. The molecule has 0 spiro atoms. The minimum atomic E-state index is -5.52. The van der Waals surface area contributed by atoms with E-state index in [1.807, 2.05) is 0 Å². The Balaban J connectivity index is 2.14. The molecule has 1 aliphatic rings. The molecule has 0 fully saturated rings. The average Bonchev–Trinajstić information content (AvgIpc) is 3.13. The molecule has 0 amide bonds. The molecule has 0 bridgehead atoms. The summed E-state index contributed by atoms with van der Waals surface area (Å²) in [7, 11) is 0. The number of nitrogen functional groups attached to an aromatic ring is 1. The lowest BCUT2D eigenvalue weighted by atomic mass is 9.85. The second-order valence-electron chi connectivity index (χ2n) is 6.86. The number of anilines is 1. The molecule has 178 valence electrons. The maximum absolute atomic E-state index is 14.0. The average molecular weight is 487 g/mol. The number of hydrogen-bond acceptors (Lipinski definition) is 5. The zero-order chi connectivity index (χ0) is 25.0. The van der Waals surface area contributed by atoms with E-state index in [1.54, 1.807) is 0 Å². The minimum Gasteiger partial charge on any atom is -0.478 e. The van der Waals surface area contributed by atoms with Crippen LogP contribution in [0.25, 0.3) is 0 Å². The van der Waals surface area contributed by atoms with Gasteiger partial charge in [-0.15, -0.1) is 0 Å². The standard InChI is InChI=1S/C18H10F9N3O3/c19-16(20,21)8-3-7(4-9(5-8)17(22,23)24)15(18(25,26)27)6-12(30-33-15)11-2-1-10(14(31)32)13(28)29-11/h1-5H,6H2,(H2,28,29)(H,31,32). The van der Waals surface area contributed by atoms with Gasteiger partial charge in [-0.25, -0.2) is 9.78 Å². The highest BCUT2D eigenvalue weighted by Gasteiger charge is 2.63. The lowest BCUT2D eigenvalue weighted by Gasteiger charge is -2.30. The number of nitrogens with two attached hydrogens (primary N) is 1. The topological polar surface area (TPSA) is 97.8 Å². The second-order valence-corrected chi connectivity index (χ2v) is 6.86. The van der Waals surface area contributed by atoms with Crippen molar-refractivity contribution in [3.63, 3.8) is 0 Å². The molecule has 2 heterocycles. The van der Waals surface area contributed by atoms with E-state index in [9.17, 15) is 44.3 Å². The van der Waals surface area contributed by atoms with Crippen molar-refractivity contribution in [2.24, 2.45) is 5.16 Å². The summed E-state index contributed by atoms with van der Waals surface area (Å²) in [4.78, 5) is 19.0. The van der Waals surface area contributed by atoms with E-state index in [-0.39, 0.29) is 18.2 Å². The number of carboxylic acid groups (broad SMARTS) is 1. The van der Waals surface area contributed by atoms with Gasteiger partial charge in [0.05, 0.1) is 23.2 Å². The maximum atomic E-state index is 14.0. The zero-order valence-electron chi connectivity index (χ0n) is 15.7. The van der Waals surface area contributed by atoms with Crippen LogP contribution in [0, 0.1) is 0 Å². The highest BCUT2D eigenvalue weighted by molar-refractivity contribution is 6.02. The molecular formula is C18H10F9N3O3. The van der Waals surface area contributed by atoms with Gasteiger partial charge in [-0.2, -0.15) is 39.5 Å². The summed E-state index contributed by atoms with van der Waals surface area (Å²) in [5.41, 5.74) is -5.22. The first kappa shape index (κ1) is 24.1. The molecule has 33 heavy (non-hydrogen) atoms. The van der Waals surface area contributed by atoms with Crippen LogP contribution in [0.15, 0.2) is 35.5 Å². The van der Waals surface area contributed by atoms with Crippen LogP contribution in [0.3, 0.4) is 0 Å². The molecule has 1 unspecified atom stereocenters. The number of oxime groups is 1. The normalized spacial score (nSPS) is 19.2. The van der Waals surface area contributed by atoms with Gasteiger partial charge in [-0.3, -0.25) is 0 Å². The fraction of sp³-hybridized carbons (Fsp3) is 0.278. The van der Waals surface area contributed by atoms with Crippen LogP contribution >= 0.6 is 0 Å². The van der Waals surface area contributed by atoms with Gasteiger partial charge in [-0.1, -0.05) is 5.16 Å². The van der Waals surface area contributed by atoms with Crippen molar-refractivity contribution >= 4 is 17.5 Å². The van der Waals surface area contributed by atoms with Crippen molar-refractivity contribution in [3.05, 3.63) is 58.3 Å². The summed E-state index contributed by atoms with van der Waals surface area (Å²) in [6, 6.07) is 1.29. The molecule has 2 aromatic rings. The molecule has 6 nitrogen and oxygen atoms in total. The first-order valence-corrected chi connectivity index (χ1v) is 8.57. The van der Waals surface area contributed by atoms with E-state index in [0.29, 0.717) is 0 Å². The molecule has 0 aliphatic carbocycles. The zero-order valence-corrected chi connectivity index (χ0v) is 15.7. The first-order chi connectivity index (χ1) is 15.0. The number of pyridine rings is 1. The van der Waals surface area contributed by atoms with Crippen LogP contribution in [-0.4, -0.2) is 27.9 Å². The summed E-state index contributed by atoms with van der Waals surface area (Å²) in [6.07, 6.45) is -17.7. The third kappa shape index (κ3) is 4.39. The quantitative estimate of drug-likeness (QED) is 0.596. The number of carboxylic acids is 1. The van der Waals surface area contributed by atoms with Crippen molar-refractivity contribution in [1.29, 1.82) is 0 Å². The van der Waals surface area contributed by atoms with Crippen LogP contribution in [-0.2, 0) is 22.8 Å². The summed E-state index contributed by atoms with van der Waals surface area (Å²) in [6.45, 7) is 0. The number of carbonyl (C=O) groups is 1. The number of halogens is 9. The van der Waals surface area contributed by atoms with E-state index in [1.165, 1.54) is 0 Å². The second kappa shape index (κ2) is 7.52. The SMILES string of the molecule is Nc1nc(C2=NOC(c3cc(C(F)(F)F)cc(C(F)(F)F)c3)(C(F)(F)F)C2)ccc1C(=O)O. The van der Waals surface area contributed by atoms with Gasteiger partial charge in [0, 0.05) is 5.56 Å². The van der Waals surface area contributed by atoms with Crippen LogP contribution in [0.1, 0.15) is 39.2 Å². The number of aromatic carboxylic acids is 1. The highest BCUT2D eigenvalue weighted by Crippen LogP contribution is 2.50. The maximum Gasteiger partial charge on any atom is 0.435 e. The van der Waals surface area contributed by atoms with E-state index < -0.39 is 76.0 Å². The van der Waals surface area contributed by atoms with Gasteiger partial charge in [-0.05, 0) is 30.3 Å². The molecule has 3 N–H and O–H groups in total. The number of rotatable bonds is 3. The third-order valence-corrected chi connectivity index (χ3v) is 4.69. The molecule has 0 saturated heterocycles. The number of alkyl halides is 9. The molecule has 3 rings (SSSR count). The fourth-order valence-electron chi connectivity index (χ4n) is 3.05. The van der Waals surface area contributed by atoms with Crippen molar-refractivity contribution in [2.75, 3.05) is 5.73 Å². The summed E-state index contributed by atoms with van der Waals surface area (Å²) < 4.78 is 121. The van der Waals surface area contributed by atoms with Crippen LogP contribution in [0.2, 0.25) is 0 Å². The lowest BCUT2D eigenvalue weighted by Crippen LogP contribution is -2.43. The molecule has 0 radical (unpaired) electrons. The van der Waals surface area contributed by atoms with Gasteiger partial charge in [0.2, 0.25) is 0 Å². The van der Waals surface area contributed by atoms with Crippen LogP contribution < -0.4 is 5.73 Å². The van der Waals surface area contributed by atoms with Gasteiger partial charge < -0.3 is 15.7 Å². The number of nitrogens with zero attached hydrogens (tertiary/aromatic N) is 2. The summed E-state index contributed by atoms with van der Waals surface area (Å²) >= 11 is 0. The van der Waals surface area contributed by atoms with Crippen molar-refractivity contribution in [2.45, 2.75) is 30.6 Å². The van der Waals surface area contributed by atoms with Gasteiger partial charge in [0.1, 0.15) is 17.1 Å². The van der Waals surface area contributed by atoms with Gasteiger partial charge >= 0.3 is 24.5 Å². The van der Waals surface area contributed by atoms with E-state index in [2.05, 4.69) is 15.0 Å². The molecule has 1 aromatic heterocycles. The third-order valence-electron chi connectivity index (χ3n) is 4.69. The minimum absolute atomic E-state index is 0.101. The Hall–Kier alpha value is -3.52. The summed E-state index contributed by atoms with van der Waals surface area (Å²) in [5.74, 6) is -2.10. The predicted molar refractivity (Wildman–Crippen MR) is 92.0 cm³/mol. The van der Waals surface area contributed by atoms with Crippen molar-refractivity contribution in [3.8, 4) is 0 Å². The van der Waals surface area contributed by atoms with E-state index in [0.717, 1.165) is 12.1 Å². The molecule has 1 aromatic carbocycles. The molecule has 1 atom stereocenters. The van der Waals surface area contributed by atoms with Gasteiger partial charge in [0.25, 0.3) is 5.60 Å². The summed E-state index contributed by atoms with van der Waals surface area (Å²) in [5, 5.41) is 12.1. The Morgan fingerprint density at radius 3 is 1.94 bits per heavy atom. The lowest BCUT2D eigenvalue weighted by molar-refractivity contribution is -0.276. The number of benzene rings is 1. The Kier molecular flexibility index (Phi) is 5.50. The van der Waals surface area contributed by atoms with E-state index >= 15 is 0 Å². The molecule has 1 aliphatic heterocycles. The van der Waals surface area contributed by atoms with E-state index in [4.69, 9.17) is 10.8 Å². The van der Waals surface area contributed by atoms with Crippen LogP contribution in [0.4, 0.5) is 45.3 Å². The number of hydrogen-bond donors (Lipinski definition) is 2. The van der Waals surface area contributed by atoms with Crippen molar-refractivity contribution < 1.29 is 54.3 Å². The Morgan fingerprint density at radius 1 is 0.970 bits per heavy atom. The Morgan fingerprint density at radius 2 is 1.52 bits per heavy atom. The highest BCUT2D eigenvalue weighted by atomic mass is 19.4. The predicted octanol–water partition coefficient (Wildman–Crippen LogP) is 4.98. The number of aromatic nitrogens is 1. The Labute approximate surface area is 177 Å².